The first kappa shape index (κ1) is 13.4. The second-order valence-electron chi connectivity index (χ2n) is 6.66. The van der Waals surface area contributed by atoms with Crippen LogP contribution in [0.3, 0.4) is 0 Å². The number of hydrogen-bond acceptors (Lipinski definition) is 2. The van der Waals surface area contributed by atoms with E-state index in [2.05, 4.69) is 31.0 Å². The van der Waals surface area contributed by atoms with Gasteiger partial charge in [0.2, 0.25) is 0 Å². The largest absolute Gasteiger partial charge is 0.311 e. The van der Waals surface area contributed by atoms with Crippen molar-refractivity contribution in [2.45, 2.75) is 71.4 Å². The summed E-state index contributed by atoms with van der Waals surface area (Å²) in [6, 6.07) is 1.54. The maximum absolute atomic E-state index is 3.97. The summed E-state index contributed by atoms with van der Waals surface area (Å²) < 4.78 is 0. The molecule has 2 unspecified atom stereocenters. The smallest absolute Gasteiger partial charge is 0.0121 e. The van der Waals surface area contributed by atoms with Gasteiger partial charge in [-0.3, -0.25) is 0 Å². The highest BCUT2D eigenvalue weighted by molar-refractivity contribution is 4.92. The Morgan fingerprint density at radius 1 is 1.12 bits per heavy atom. The van der Waals surface area contributed by atoms with Gasteiger partial charge in [-0.15, -0.1) is 0 Å². The van der Waals surface area contributed by atoms with Crippen LogP contribution in [0.4, 0.5) is 0 Å². The van der Waals surface area contributed by atoms with Gasteiger partial charge in [0.05, 0.1) is 0 Å². The maximum atomic E-state index is 3.97. The first-order valence-corrected chi connectivity index (χ1v) is 7.60. The number of rotatable bonds is 3. The Hall–Kier alpha value is -0.0800. The van der Waals surface area contributed by atoms with Crippen LogP contribution in [0.2, 0.25) is 0 Å². The van der Waals surface area contributed by atoms with Crippen LogP contribution in [-0.4, -0.2) is 36.6 Å². The van der Waals surface area contributed by atoms with Crippen molar-refractivity contribution < 1.29 is 0 Å². The highest BCUT2D eigenvalue weighted by Crippen LogP contribution is 2.37. The molecule has 17 heavy (non-hydrogen) atoms. The standard InChI is InChI=1S/C15H30N2/c1-4-17-11-6-7-13(9-12-17)16-14-8-5-10-15(14,2)3/h13-14,16H,4-12H2,1-3H3. The topological polar surface area (TPSA) is 15.3 Å². The molecule has 2 heteroatoms. The van der Waals surface area contributed by atoms with E-state index in [0.717, 1.165) is 12.1 Å². The normalized spacial score (nSPS) is 34.8. The van der Waals surface area contributed by atoms with Gasteiger partial charge in [0.15, 0.2) is 0 Å². The predicted octanol–water partition coefficient (Wildman–Crippen LogP) is 3.03. The van der Waals surface area contributed by atoms with Crippen LogP contribution in [0.25, 0.3) is 0 Å². The molecule has 0 spiro atoms. The number of likely N-dealkylation sites (tertiary alicyclic amines) is 1. The Kier molecular flexibility index (Phi) is 4.48. The fourth-order valence-corrected chi connectivity index (χ4v) is 3.56. The van der Waals surface area contributed by atoms with Gasteiger partial charge in [-0.25, -0.2) is 0 Å². The molecule has 2 fully saturated rings. The van der Waals surface area contributed by atoms with Crippen molar-refractivity contribution >= 4 is 0 Å². The highest BCUT2D eigenvalue weighted by atomic mass is 15.1. The predicted molar refractivity (Wildman–Crippen MR) is 74.3 cm³/mol. The molecular formula is C15H30N2. The van der Waals surface area contributed by atoms with Crippen molar-refractivity contribution in [2.24, 2.45) is 5.41 Å². The third-order valence-electron chi connectivity index (χ3n) is 4.96. The lowest BCUT2D eigenvalue weighted by Crippen LogP contribution is -2.44. The number of nitrogens with zero attached hydrogens (tertiary/aromatic N) is 1. The third-order valence-corrected chi connectivity index (χ3v) is 4.96. The van der Waals surface area contributed by atoms with Crippen molar-refractivity contribution in [3.8, 4) is 0 Å². The molecule has 0 amide bonds. The van der Waals surface area contributed by atoms with Gasteiger partial charge >= 0.3 is 0 Å². The summed E-state index contributed by atoms with van der Waals surface area (Å²) in [6.45, 7) is 11.0. The first-order chi connectivity index (χ1) is 8.12. The molecule has 1 saturated heterocycles. The van der Waals surface area contributed by atoms with Crippen LogP contribution in [0, 0.1) is 5.41 Å². The van der Waals surface area contributed by atoms with E-state index in [1.165, 1.54) is 58.2 Å². The van der Waals surface area contributed by atoms with E-state index in [0.29, 0.717) is 5.41 Å². The molecule has 2 aliphatic rings. The highest BCUT2D eigenvalue weighted by Gasteiger charge is 2.35. The van der Waals surface area contributed by atoms with Crippen LogP contribution >= 0.6 is 0 Å². The Bertz CT molecular complexity index is 237. The number of nitrogens with one attached hydrogen (secondary N) is 1. The van der Waals surface area contributed by atoms with Crippen molar-refractivity contribution in [3.63, 3.8) is 0 Å². The average molecular weight is 238 g/mol. The minimum Gasteiger partial charge on any atom is -0.311 e. The monoisotopic (exact) mass is 238 g/mol. The zero-order valence-corrected chi connectivity index (χ0v) is 12.0. The Morgan fingerprint density at radius 2 is 1.94 bits per heavy atom. The summed E-state index contributed by atoms with van der Waals surface area (Å²) in [5.74, 6) is 0. The molecule has 2 rings (SSSR count). The van der Waals surface area contributed by atoms with Gasteiger partial charge in [0.1, 0.15) is 0 Å². The molecule has 0 aromatic heterocycles. The zero-order valence-electron chi connectivity index (χ0n) is 12.0. The van der Waals surface area contributed by atoms with E-state index in [4.69, 9.17) is 0 Å². The van der Waals surface area contributed by atoms with Crippen LogP contribution < -0.4 is 5.32 Å². The van der Waals surface area contributed by atoms with E-state index in [9.17, 15) is 0 Å². The SMILES string of the molecule is CCN1CCCC(NC2CCCC2(C)C)CC1. The van der Waals surface area contributed by atoms with Gasteiger partial charge in [-0.05, 0) is 57.2 Å². The van der Waals surface area contributed by atoms with Gasteiger partial charge in [-0.2, -0.15) is 0 Å². The second-order valence-corrected chi connectivity index (χ2v) is 6.66. The van der Waals surface area contributed by atoms with Crippen LogP contribution in [0.1, 0.15) is 59.3 Å². The van der Waals surface area contributed by atoms with E-state index in [1.807, 2.05) is 0 Å². The van der Waals surface area contributed by atoms with Crippen molar-refractivity contribution in [3.05, 3.63) is 0 Å². The van der Waals surface area contributed by atoms with Gasteiger partial charge in [-0.1, -0.05) is 27.2 Å². The summed E-state index contributed by atoms with van der Waals surface area (Å²) in [7, 11) is 0. The van der Waals surface area contributed by atoms with Crippen LogP contribution in [0.15, 0.2) is 0 Å². The average Bonchev–Trinajstić information content (AvgIpc) is 2.53. The molecule has 1 N–H and O–H groups in total. The molecule has 0 aromatic carbocycles. The lowest BCUT2D eigenvalue weighted by Gasteiger charge is -2.32. The van der Waals surface area contributed by atoms with Crippen molar-refractivity contribution in [1.82, 2.24) is 10.2 Å². The van der Waals surface area contributed by atoms with Crippen molar-refractivity contribution in [2.75, 3.05) is 19.6 Å². The third kappa shape index (κ3) is 3.45. The molecule has 0 aromatic rings. The lowest BCUT2D eigenvalue weighted by molar-refractivity contribution is 0.248. The van der Waals surface area contributed by atoms with E-state index in [-0.39, 0.29) is 0 Å². The lowest BCUT2D eigenvalue weighted by atomic mass is 9.86. The minimum atomic E-state index is 0.525. The summed E-state index contributed by atoms with van der Waals surface area (Å²) in [6.07, 6.45) is 8.31. The van der Waals surface area contributed by atoms with Crippen LogP contribution in [-0.2, 0) is 0 Å². The van der Waals surface area contributed by atoms with E-state index in [1.54, 1.807) is 0 Å². The molecule has 100 valence electrons. The summed E-state index contributed by atoms with van der Waals surface area (Å²) in [5, 5.41) is 3.97. The second kappa shape index (κ2) is 5.71. The fraction of sp³-hybridized carbons (Fsp3) is 1.00. The Labute approximate surface area is 107 Å². The quantitative estimate of drug-likeness (QED) is 0.813. The van der Waals surface area contributed by atoms with Crippen LogP contribution in [0.5, 0.6) is 0 Å². The summed E-state index contributed by atoms with van der Waals surface area (Å²) >= 11 is 0. The molecule has 0 bridgehead atoms. The van der Waals surface area contributed by atoms with E-state index < -0.39 is 0 Å². The van der Waals surface area contributed by atoms with Crippen molar-refractivity contribution in [1.29, 1.82) is 0 Å². The van der Waals surface area contributed by atoms with E-state index >= 15 is 0 Å². The van der Waals surface area contributed by atoms with Gasteiger partial charge in [0.25, 0.3) is 0 Å². The molecule has 0 radical (unpaired) electrons. The molecule has 2 nitrogen and oxygen atoms in total. The molecule has 1 aliphatic carbocycles. The maximum Gasteiger partial charge on any atom is 0.0121 e. The summed E-state index contributed by atoms with van der Waals surface area (Å²) in [4.78, 5) is 2.60. The minimum absolute atomic E-state index is 0.525. The summed E-state index contributed by atoms with van der Waals surface area (Å²) in [5.41, 5.74) is 0.525. The van der Waals surface area contributed by atoms with Gasteiger partial charge < -0.3 is 10.2 Å². The zero-order chi connectivity index (χ0) is 12.3. The number of hydrogen-bond donors (Lipinski definition) is 1. The Morgan fingerprint density at radius 3 is 2.59 bits per heavy atom. The fourth-order valence-electron chi connectivity index (χ4n) is 3.56. The molecular weight excluding hydrogens is 208 g/mol. The Balaban J connectivity index is 1.83. The molecule has 2 atom stereocenters. The van der Waals surface area contributed by atoms with Gasteiger partial charge in [0, 0.05) is 12.1 Å². The molecule has 1 saturated carbocycles. The molecule has 1 heterocycles. The first-order valence-electron chi connectivity index (χ1n) is 7.60. The molecule has 1 aliphatic heterocycles.